The van der Waals surface area contributed by atoms with Gasteiger partial charge in [0.25, 0.3) is 0 Å². The van der Waals surface area contributed by atoms with Gasteiger partial charge in [-0.25, -0.2) is 4.79 Å². The first-order chi connectivity index (χ1) is 11.8. The highest BCUT2D eigenvalue weighted by atomic mass is 79.9. The van der Waals surface area contributed by atoms with E-state index >= 15 is 0 Å². The van der Waals surface area contributed by atoms with Crippen molar-refractivity contribution in [1.82, 2.24) is 0 Å². The number of carbonyl (C=O) groups excluding carboxylic acids is 1. The second kappa shape index (κ2) is 8.47. The van der Waals surface area contributed by atoms with Crippen LogP contribution in [0.4, 0.5) is 5.69 Å². The number of halogens is 3. The van der Waals surface area contributed by atoms with Crippen LogP contribution in [0.25, 0.3) is 0 Å². The molecule has 0 amide bonds. The molecule has 25 heavy (non-hydrogen) atoms. The number of rotatable bonds is 6. The number of benzene rings is 2. The van der Waals surface area contributed by atoms with E-state index in [9.17, 15) is 14.7 Å². The zero-order valence-electron chi connectivity index (χ0n) is 13.0. The van der Waals surface area contributed by atoms with Crippen molar-refractivity contribution in [3.05, 3.63) is 62.5 Å². The van der Waals surface area contributed by atoms with Crippen LogP contribution in [0.2, 0.25) is 10.0 Å². The standard InChI is InChI=1S/C17H13BrCl2N2O3/c1-9(16(23)10-2-4-11(18)5-3-10)15(17(24)25)22-21-14-7-6-12(19)8-13(14)20/h2-9,21H,1H3,(H,24,25). The Kier molecular flexibility index (Phi) is 6.58. The molecular formula is C17H13BrCl2N2O3. The predicted octanol–water partition coefficient (Wildman–Crippen LogP) is 5.13. The molecule has 0 aliphatic carbocycles. The minimum absolute atomic E-state index is 0.285. The fraction of sp³-hybridized carbons (Fsp3) is 0.118. The SMILES string of the molecule is CC(C(=O)c1ccc(Br)cc1)C(=NNc1ccc(Cl)cc1Cl)C(=O)O. The van der Waals surface area contributed by atoms with Crippen molar-refractivity contribution in [2.75, 3.05) is 5.43 Å². The molecule has 8 heteroatoms. The quantitative estimate of drug-likeness (QED) is 0.368. The van der Waals surface area contributed by atoms with Gasteiger partial charge >= 0.3 is 5.97 Å². The van der Waals surface area contributed by atoms with Gasteiger partial charge in [-0.3, -0.25) is 10.2 Å². The summed E-state index contributed by atoms with van der Waals surface area (Å²) < 4.78 is 0.822. The zero-order chi connectivity index (χ0) is 18.6. The molecule has 0 radical (unpaired) electrons. The Hall–Kier alpha value is -1.89. The van der Waals surface area contributed by atoms with Gasteiger partial charge in [-0.2, -0.15) is 5.10 Å². The molecule has 2 aromatic carbocycles. The van der Waals surface area contributed by atoms with Crippen LogP contribution < -0.4 is 5.43 Å². The molecule has 1 unspecified atom stereocenters. The van der Waals surface area contributed by atoms with Crippen LogP contribution in [0.5, 0.6) is 0 Å². The maximum atomic E-state index is 12.5. The molecule has 130 valence electrons. The van der Waals surface area contributed by atoms with Gasteiger partial charge in [-0.15, -0.1) is 0 Å². The van der Waals surface area contributed by atoms with E-state index in [4.69, 9.17) is 23.2 Å². The molecule has 0 aromatic heterocycles. The molecule has 0 bridgehead atoms. The number of carbonyl (C=O) groups is 2. The Labute approximate surface area is 162 Å². The number of nitrogens with one attached hydrogen (secondary N) is 1. The summed E-state index contributed by atoms with van der Waals surface area (Å²) in [5.74, 6) is -2.59. The number of hydrogen-bond donors (Lipinski definition) is 2. The molecule has 0 saturated carbocycles. The van der Waals surface area contributed by atoms with E-state index in [0.29, 0.717) is 16.3 Å². The van der Waals surface area contributed by atoms with Crippen LogP contribution in [-0.4, -0.2) is 22.6 Å². The van der Waals surface area contributed by atoms with Crippen LogP contribution in [0, 0.1) is 5.92 Å². The van der Waals surface area contributed by atoms with E-state index < -0.39 is 11.9 Å². The summed E-state index contributed by atoms with van der Waals surface area (Å²) >= 11 is 15.1. The molecular weight excluding hydrogens is 431 g/mol. The summed E-state index contributed by atoms with van der Waals surface area (Å²) in [7, 11) is 0. The number of anilines is 1. The highest BCUT2D eigenvalue weighted by molar-refractivity contribution is 9.10. The Balaban J connectivity index is 2.25. The Morgan fingerprint density at radius 2 is 1.80 bits per heavy atom. The second-order valence-corrected chi connectivity index (χ2v) is 6.89. The van der Waals surface area contributed by atoms with E-state index in [0.717, 1.165) is 4.47 Å². The summed E-state index contributed by atoms with van der Waals surface area (Å²) in [4.78, 5) is 24.0. The van der Waals surface area contributed by atoms with Crippen molar-refractivity contribution in [2.24, 2.45) is 11.0 Å². The highest BCUT2D eigenvalue weighted by Gasteiger charge is 2.26. The topological polar surface area (TPSA) is 78.8 Å². The van der Waals surface area contributed by atoms with Gasteiger partial charge in [-0.05, 0) is 37.3 Å². The average molecular weight is 444 g/mol. The van der Waals surface area contributed by atoms with Crippen LogP contribution in [-0.2, 0) is 4.79 Å². The van der Waals surface area contributed by atoms with Crippen molar-refractivity contribution in [3.8, 4) is 0 Å². The molecule has 2 rings (SSSR count). The Bertz CT molecular complexity index is 838. The van der Waals surface area contributed by atoms with Gasteiger partial charge in [0.2, 0.25) is 0 Å². The summed E-state index contributed by atoms with van der Waals surface area (Å²) in [6.45, 7) is 1.49. The molecule has 1 atom stereocenters. The number of carboxylic acids is 1. The molecule has 2 aromatic rings. The lowest BCUT2D eigenvalue weighted by Gasteiger charge is -2.12. The molecule has 0 aliphatic heterocycles. The Morgan fingerprint density at radius 3 is 2.36 bits per heavy atom. The smallest absolute Gasteiger partial charge is 0.352 e. The maximum Gasteiger partial charge on any atom is 0.352 e. The normalized spacial score (nSPS) is 12.6. The molecule has 0 spiro atoms. The number of hydrogen-bond acceptors (Lipinski definition) is 4. The van der Waals surface area contributed by atoms with Crippen LogP contribution in [0.3, 0.4) is 0 Å². The minimum atomic E-state index is -1.30. The number of aliphatic carboxylic acids is 1. The first-order valence-electron chi connectivity index (χ1n) is 7.11. The lowest BCUT2D eigenvalue weighted by atomic mass is 9.95. The van der Waals surface area contributed by atoms with Gasteiger partial charge in [0.1, 0.15) is 0 Å². The van der Waals surface area contributed by atoms with Crippen molar-refractivity contribution < 1.29 is 14.7 Å². The largest absolute Gasteiger partial charge is 0.477 e. The zero-order valence-corrected chi connectivity index (χ0v) is 16.1. The fourth-order valence-electron chi connectivity index (χ4n) is 2.02. The van der Waals surface area contributed by atoms with E-state index in [2.05, 4.69) is 26.5 Å². The number of ketones is 1. The second-order valence-electron chi connectivity index (χ2n) is 5.13. The van der Waals surface area contributed by atoms with Gasteiger partial charge < -0.3 is 5.11 Å². The third kappa shape index (κ3) is 5.04. The molecule has 2 N–H and O–H groups in total. The fourth-order valence-corrected chi connectivity index (χ4v) is 2.73. The van der Waals surface area contributed by atoms with Crippen LogP contribution >= 0.6 is 39.1 Å². The molecule has 5 nitrogen and oxygen atoms in total. The lowest BCUT2D eigenvalue weighted by Crippen LogP contribution is -2.29. The number of hydrazone groups is 1. The predicted molar refractivity (Wildman–Crippen MR) is 103 cm³/mol. The molecule has 0 heterocycles. The minimum Gasteiger partial charge on any atom is -0.477 e. The number of carboxylic acid groups (broad SMARTS) is 1. The van der Waals surface area contributed by atoms with Gasteiger partial charge in [0, 0.05) is 15.1 Å². The van der Waals surface area contributed by atoms with Crippen molar-refractivity contribution in [2.45, 2.75) is 6.92 Å². The summed E-state index contributed by atoms with van der Waals surface area (Å²) in [5.41, 5.74) is 3.03. The van der Waals surface area contributed by atoms with Gasteiger partial charge in [-0.1, -0.05) is 51.3 Å². The van der Waals surface area contributed by atoms with Crippen molar-refractivity contribution in [1.29, 1.82) is 0 Å². The first-order valence-corrected chi connectivity index (χ1v) is 8.66. The number of Topliss-reactive ketones (excluding diaryl/α,β-unsaturated/α-hetero) is 1. The summed E-state index contributed by atoms with van der Waals surface area (Å²) in [6.07, 6.45) is 0. The summed E-state index contributed by atoms with van der Waals surface area (Å²) in [6, 6.07) is 11.3. The molecule has 0 saturated heterocycles. The van der Waals surface area contributed by atoms with Gasteiger partial charge in [0.05, 0.1) is 16.6 Å². The van der Waals surface area contributed by atoms with E-state index in [-0.39, 0.29) is 16.5 Å². The highest BCUT2D eigenvalue weighted by Crippen LogP contribution is 2.25. The van der Waals surface area contributed by atoms with Crippen molar-refractivity contribution in [3.63, 3.8) is 0 Å². The maximum absolute atomic E-state index is 12.5. The summed E-state index contributed by atoms with van der Waals surface area (Å²) in [5, 5.41) is 14.0. The van der Waals surface area contributed by atoms with E-state index in [1.807, 2.05) is 0 Å². The average Bonchev–Trinajstić information content (AvgIpc) is 2.56. The van der Waals surface area contributed by atoms with Gasteiger partial charge in [0.15, 0.2) is 11.5 Å². The van der Waals surface area contributed by atoms with E-state index in [1.54, 1.807) is 36.4 Å². The van der Waals surface area contributed by atoms with Crippen LogP contribution in [0.1, 0.15) is 17.3 Å². The third-order valence-corrected chi connectivity index (χ3v) is 4.46. The third-order valence-electron chi connectivity index (χ3n) is 3.38. The lowest BCUT2D eigenvalue weighted by molar-refractivity contribution is -0.129. The van der Waals surface area contributed by atoms with Crippen molar-refractivity contribution >= 4 is 62.3 Å². The van der Waals surface area contributed by atoms with E-state index in [1.165, 1.54) is 13.0 Å². The van der Waals surface area contributed by atoms with Crippen LogP contribution in [0.15, 0.2) is 52.0 Å². The monoisotopic (exact) mass is 442 g/mol. The molecule has 0 fully saturated rings. The molecule has 0 aliphatic rings. The number of nitrogens with zero attached hydrogens (tertiary/aromatic N) is 1. The Morgan fingerprint density at radius 1 is 1.16 bits per heavy atom. The first kappa shape index (κ1) is 19.4.